The molecule has 0 unspecified atom stereocenters. The number of phenols is 1. The zero-order chi connectivity index (χ0) is 32.8. The van der Waals surface area contributed by atoms with Crippen LogP contribution in [0.15, 0.2) is 90.0 Å². The van der Waals surface area contributed by atoms with Crippen LogP contribution in [0.4, 0.5) is 5.69 Å². The number of phenolic OH excluding ortho intramolecular Hbond substituents is 1. The first-order valence-corrected chi connectivity index (χ1v) is 15.0. The molecule has 0 aliphatic carbocycles. The second-order valence-electron chi connectivity index (χ2n) is 10.8. The average molecular weight is 614 g/mol. The third-order valence-electron chi connectivity index (χ3n) is 7.00. The molecule has 2 amide bonds. The molecular weight excluding hydrogens is 570 g/mol. The summed E-state index contributed by atoms with van der Waals surface area (Å²) in [5.41, 5.74) is 2.73. The second-order valence-corrected chi connectivity index (χ2v) is 10.8. The number of amides is 2. The van der Waals surface area contributed by atoms with E-state index in [0.29, 0.717) is 35.9 Å². The number of aromatic hydroxyl groups is 1. The molecule has 0 radical (unpaired) electrons. The number of unbranched alkanes of at least 4 members (excludes halogenated alkanes) is 2. The van der Waals surface area contributed by atoms with Gasteiger partial charge in [-0.25, -0.2) is 4.68 Å². The third-order valence-corrected chi connectivity index (χ3v) is 7.00. The van der Waals surface area contributed by atoms with Crippen molar-refractivity contribution in [3.05, 3.63) is 112 Å². The molecule has 45 heavy (non-hydrogen) atoms. The van der Waals surface area contributed by atoms with E-state index < -0.39 is 0 Å². The highest BCUT2D eigenvalue weighted by molar-refractivity contribution is 6.04. The summed E-state index contributed by atoms with van der Waals surface area (Å²) in [7, 11) is 3.29. The molecule has 0 bridgehead atoms. The molecule has 0 atom stereocenters. The molecule has 0 fully saturated rings. The van der Waals surface area contributed by atoms with Crippen LogP contribution in [-0.2, 0) is 18.4 Å². The molecule has 238 valence electrons. The van der Waals surface area contributed by atoms with Crippen molar-refractivity contribution in [2.75, 3.05) is 12.4 Å². The first-order chi connectivity index (χ1) is 21.6. The smallest absolute Gasteiger partial charge is 0.295 e. The molecule has 2 aromatic carbocycles. The van der Waals surface area contributed by atoms with Crippen LogP contribution in [0.5, 0.6) is 11.5 Å². The lowest BCUT2D eigenvalue weighted by atomic mass is 10.1. The number of ether oxygens (including phenoxy) is 1. The lowest BCUT2D eigenvalue weighted by Crippen LogP contribution is -2.23. The standard InChI is InChI=1S/C18H27NO3.C17H16N4O2/c1-14(2)8-6-4-5-7-9-18(21)19-13-15-10-11-16(20)17(12-15)22-3;1-12-15(19-16(22)13-7-6-10-18-11-13)17(23)21(20(12)2)14-8-4-3-5-9-14/h6,8,10-12,14,20H,4-5,7,9,13H2,1-3H3,(H,19,21);3-11H,1-2H3,(H,19,22)/b8-6+;. The number of pyridine rings is 1. The number of carbonyl (C=O) groups excluding carboxylic acids is 2. The van der Waals surface area contributed by atoms with Gasteiger partial charge in [0.1, 0.15) is 5.69 Å². The van der Waals surface area contributed by atoms with E-state index in [1.54, 1.807) is 55.2 Å². The molecule has 10 nitrogen and oxygen atoms in total. The highest BCUT2D eigenvalue weighted by atomic mass is 16.5. The number of rotatable bonds is 12. The lowest BCUT2D eigenvalue weighted by molar-refractivity contribution is -0.121. The minimum absolute atomic E-state index is 0.0554. The van der Waals surface area contributed by atoms with E-state index in [0.717, 1.165) is 30.5 Å². The largest absolute Gasteiger partial charge is 0.504 e. The van der Waals surface area contributed by atoms with Gasteiger partial charge in [-0.05, 0) is 74.1 Å². The molecule has 2 heterocycles. The summed E-state index contributed by atoms with van der Waals surface area (Å²) in [6.45, 7) is 6.55. The van der Waals surface area contributed by atoms with Crippen LogP contribution in [0.3, 0.4) is 0 Å². The first kappa shape index (κ1) is 34.4. The van der Waals surface area contributed by atoms with E-state index >= 15 is 0 Å². The molecule has 0 saturated heterocycles. The minimum atomic E-state index is -0.357. The zero-order valence-corrected chi connectivity index (χ0v) is 26.6. The van der Waals surface area contributed by atoms with Gasteiger partial charge in [0.2, 0.25) is 5.91 Å². The summed E-state index contributed by atoms with van der Waals surface area (Å²) in [5.74, 6) is 0.810. The number of allylic oxidation sites excluding steroid dienone is 2. The number of hydrogen-bond acceptors (Lipinski definition) is 6. The van der Waals surface area contributed by atoms with Crippen LogP contribution in [0.2, 0.25) is 0 Å². The fourth-order valence-electron chi connectivity index (χ4n) is 4.43. The fourth-order valence-corrected chi connectivity index (χ4v) is 4.43. The van der Waals surface area contributed by atoms with E-state index in [1.165, 1.54) is 18.0 Å². The van der Waals surface area contributed by atoms with E-state index in [1.807, 2.05) is 30.3 Å². The van der Waals surface area contributed by atoms with Gasteiger partial charge in [0.05, 0.1) is 24.1 Å². The normalized spacial score (nSPS) is 10.8. The summed E-state index contributed by atoms with van der Waals surface area (Å²) in [6, 6.07) is 17.7. The molecule has 0 aliphatic heterocycles. The number of benzene rings is 2. The van der Waals surface area contributed by atoms with Gasteiger partial charge in [0.15, 0.2) is 11.5 Å². The van der Waals surface area contributed by atoms with Gasteiger partial charge in [-0.15, -0.1) is 0 Å². The van der Waals surface area contributed by atoms with Crippen molar-refractivity contribution in [1.82, 2.24) is 19.7 Å². The molecule has 0 saturated carbocycles. The summed E-state index contributed by atoms with van der Waals surface area (Å²) in [4.78, 5) is 40.6. The quantitative estimate of drug-likeness (QED) is 0.134. The molecule has 4 rings (SSSR count). The van der Waals surface area contributed by atoms with Crippen molar-refractivity contribution >= 4 is 17.5 Å². The average Bonchev–Trinajstić information content (AvgIpc) is 3.25. The van der Waals surface area contributed by atoms with Crippen molar-refractivity contribution in [1.29, 1.82) is 0 Å². The van der Waals surface area contributed by atoms with E-state index in [9.17, 15) is 19.5 Å². The van der Waals surface area contributed by atoms with Gasteiger partial charge in [0, 0.05) is 32.4 Å². The van der Waals surface area contributed by atoms with Crippen LogP contribution in [0.25, 0.3) is 5.69 Å². The zero-order valence-electron chi connectivity index (χ0n) is 26.6. The highest BCUT2D eigenvalue weighted by Gasteiger charge is 2.18. The first-order valence-electron chi connectivity index (χ1n) is 15.0. The molecule has 10 heteroatoms. The van der Waals surface area contributed by atoms with Crippen molar-refractivity contribution in [3.63, 3.8) is 0 Å². The Morgan fingerprint density at radius 1 is 1.07 bits per heavy atom. The Balaban J connectivity index is 0.000000246. The number of aromatic nitrogens is 3. The Kier molecular flexibility index (Phi) is 13.2. The van der Waals surface area contributed by atoms with Crippen molar-refractivity contribution in [3.8, 4) is 17.2 Å². The van der Waals surface area contributed by atoms with E-state index in [-0.39, 0.29) is 28.8 Å². The van der Waals surface area contributed by atoms with Crippen LogP contribution in [0, 0.1) is 12.8 Å². The Hall–Kier alpha value is -5.12. The minimum Gasteiger partial charge on any atom is -0.504 e. The third kappa shape index (κ3) is 10.2. The number of nitrogens with zero attached hydrogens (tertiary/aromatic N) is 3. The van der Waals surface area contributed by atoms with Gasteiger partial charge < -0.3 is 20.5 Å². The number of carbonyl (C=O) groups is 2. The molecular formula is C35H43N5O5. The molecule has 0 aliphatic rings. The number of methoxy groups -OCH3 is 1. The van der Waals surface area contributed by atoms with Crippen molar-refractivity contribution in [2.45, 2.75) is 53.0 Å². The summed E-state index contributed by atoms with van der Waals surface area (Å²) in [5, 5.41) is 15.1. The van der Waals surface area contributed by atoms with Crippen molar-refractivity contribution in [2.24, 2.45) is 13.0 Å². The van der Waals surface area contributed by atoms with Gasteiger partial charge >= 0.3 is 0 Å². The van der Waals surface area contributed by atoms with Gasteiger partial charge in [-0.2, -0.15) is 0 Å². The Bertz CT molecular complexity index is 1630. The van der Waals surface area contributed by atoms with Gasteiger partial charge in [-0.1, -0.05) is 50.3 Å². The van der Waals surface area contributed by atoms with Crippen LogP contribution in [0.1, 0.15) is 61.1 Å². The second kappa shape index (κ2) is 17.2. The lowest BCUT2D eigenvalue weighted by Gasteiger charge is -2.08. The number of para-hydroxylation sites is 1. The number of anilines is 1. The van der Waals surface area contributed by atoms with Gasteiger partial charge in [0.25, 0.3) is 11.5 Å². The monoisotopic (exact) mass is 613 g/mol. The maximum atomic E-state index is 12.7. The van der Waals surface area contributed by atoms with E-state index in [4.69, 9.17) is 4.74 Å². The Morgan fingerprint density at radius 3 is 2.49 bits per heavy atom. The van der Waals surface area contributed by atoms with Crippen molar-refractivity contribution < 1.29 is 19.4 Å². The van der Waals surface area contributed by atoms with Crippen LogP contribution >= 0.6 is 0 Å². The SMILES string of the molecule is COc1cc(CNC(=O)CCCC/C=C/C(C)C)ccc1O.Cc1c(NC(=O)c2cccnc2)c(=O)n(-c2ccccc2)n1C. The summed E-state index contributed by atoms with van der Waals surface area (Å²) >= 11 is 0. The van der Waals surface area contributed by atoms with E-state index in [2.05, 4.69) is 41.6 Å². The maximum Gasteiger partial charge on any atom is 0.295 e. The predicted octanol–water partition coefficient (Wildman–Crippen LogP) is 5.92. The van der Waals surface area contributed by atoms with Gasteiger partial charge in [-0.3, -0.25) is 24.0 Å². The van der Waals surface area contributed by atoms with Crippen LogP contribution in [-0.4, -0.2) is 38.4 Å². The Labute approximate surface area is 264 Å². The predicted molar refractivity (Wildman–Crippen MR) is 177 cm³/mol. The van der Waals surface area contributed by atoms with Crippen LogP contribution < -0.4 is 20.9 Å². The molecule has 3 N–H and O–H groups in total. The molecule has 0 spiro atoms. The number of hydrogen-bond donors (Lipinski definition) is 3. The summed E-state index contributed by atoms with van der Waals surface area (Å²) < 4.78 is 8.28. The Morgan fingerprint density at radius 2 is 1.82 bits per heavy atom. The molecule has 4 aromatic rings. The topological polar surface area (TPSA) is 127 Å². The summed E-state index contributed by atoms with van der Waals surface area (Å²) in [6.07, 6.45) is 10.9. The number of nitrogens with one attached hydrogen (secondary N) is 2. The molecule has 2 aromatic heterocycles. The fraction of sp³-hybridized carbons (Fsp3) is 0.314. The highest BCUT2D eigenvalue weighted by Crippen LogP contribution is 2.26. The maximum absolute atomic E-state index is 12.7.